The largest absolute Gasteiger partial charge is 0.470 e. The number of aryl methyl sites for hydroxylation is 2. The third-order valence-electron chi connectivity index (χ3n) is 1.69. The van der Waals surface area contributed by atoms with Gasteiger partial charge in [-0.25, -0.2) is 4.79 Å². The van der Waals surface area contributed by atoms with E-state index in [9.17, 15) is 4.79 Å². The zero-order valence-electron chi connectivity index (χ0n) is 7.70. The fraction of sp³-hybridized carbons (Fsp3) is 0.300. The first kappa shape index (κ1) is 9.49. The maximum atomic E-state index is 9.78. The van der Waals surface area contributed by atoms with Crippen molar-refractivity contribution in [3.05, 3.63) is 29.3 Å². The Morgan fingerprint density at radius 2 is 2.23 bits per heavy atom. The Balaban J connectivity index is 2.75. The van der Waals surface area contributed by atoms with E-state index in [1.165, 1.54) is 6.08 Å². The van der Waals surface area contributed by atoms with E-state index in [1.807, 2.05) is 32.0 Å². The number of ether oxygens (including phenoxy) is 1. The number of benzene rings is 1. The molecule has 0 aliphatic heterocycles. The quantitative estimate of drug-likeness (QED) is 0.523. The van der Waals surface area contributed by atoms with E-state index in [0.717, 1.165) is 16.9 Å². The number of isocyanates is 1. The molecule has 1 aromatic carbocycles. The van der Waals surface area contributed by atoms with Gasteiger partial charge in [0.15, 0.2) is 6.73 Å². The zero-order chi connectivity index (χ0) is 9.68. The Bertz CT molecular complexity index is 341. The second kappa shape index (κ2) is 4.43. The van der Waals surface area contributed by atoms with Crippen molar-refractivity contribution in [1.29, 1.82) is 0 Å². The van der Waals surface area contributed by atoms with E-state index in [2.05, 4.69) is 4.99 Å². The molecule has 0 aromatic heterocycles. The predicted octanol–water partition coefficient (Wildman–Crippen LogP) is 1.98. The summed E-state index contributed by atoms with van der Waals surface area (Å²) in [6.07, 6.45) is 1.42. The van der Waals surface area contributed by atoms with E-state index >= 15 is 0 Å². The molecule has 0 N–H and O–H groups in total. The van der Waals surface area contributed by atoms with Crippen LogP contribution in [0, 0.1) is 13.8 Å². The van der Waals surface area contributed by atoms with Gasteiger partial charge in [-0.15, -0.1) is 0 Å². The molecule has 0 saturated carbocycles. The topological polar surface area (TPSA) is 38.7 Å². The highest BCUT2D eigenvalue weighted by atomic mass is 16.5. The first-order chi connectivity index (χ1) is 6.24. The van der Waals surface area contributed by atoms with Crippen molar-refractivity contribution < 1.29 is 9.53 Å². The Hall–Kier alpha value is -1.60. The smallest absolute Gasteiger partial charge is 0.238 e. The first-order valence-corrected chi connectivity index (χ1v) is 3.97. The third-order valence-corrected chi connectivity index (χ3v) is 1.69. The summed E-state index contributed by atoms with van der Waals surface area (Å²) in [6, 6.07) is 5.89. The van der Waals surface area contributed by atoms with Crippen molar-refractivity contribution in [3.8, 4) is 5.75 Å². The summed E-state index contributed by atoms with van der Waals surface area (Å²) in [5.41, 5.74) is 2.15. The second-order valence-corrected chi connectivity index (χ2v) is 2.79. The van der Waals surface area contributed by atoms with Crippen LogP contribution in [0.5, 0.6) is 5.75 Å². The van der Waals surface area contributed by atoms with Crippen LogP contribution in [0.15, 0.2) is 23.2 Å². The highest BCUT2D eigenvalue weighted by molar-refractivity contribution is 5.36. The van der Waals surface area contributed by atoms with Gasteiger partial charge in [0.2, 0.25) is 6.08 Å². The van der Waals surface area contributed by atoms with Crippen molar-refractivity contribution in [1.82, 2.24) is 0 Å². The molecule has 0 bridgehead atoms. The lowest BCUT2D eigenvalue weighted by Gasteiger charge is -2.06. The number of carbonyl (C=O) groups excluding carboxylic acids is 1. The minimum atomic E-state index is 0.0355. The van der Waals surface area contributed by atoms with Gasteiger partial charge in [-0.2, -0.15) is 4.99 Å². The maximum absolute atomic E-state index is 9.78. The van der Waals surface area contributed by atoms with Crippen molar-refractivity contribution in [2.75, 3.05) is 6.73 Å². The van der Waals surface area contributed by atoms with E-state index in [0.29, 0.717) is 0 Å². The number of hydrogen-bond donors (Lipinski definition) is 0. The zero-order valence-corrected chi connectivity index (χ0v) is 7.70. The summed E-state index contributed by atoms with van der Waals surface area (Å²) in [5.74, 6) is 0.763. The Morgan fingerprint density at radius 1 is 1.46 bits per heavy atom. The van der Waals surface area contributed by atoms with Gasteiger partial charge in [0.25, 0.3) is 0 Å². The minimum absolute atomic E-state index is 0.0355. The van der Waals surface area contributed by atoms with E-state index < -0.39 is 0 Å². The fourth-order valence-electron chi connectivity index (χ4n) is 0.991. The molecule has 1 rings (SSSR count). The molecular formula is C10H11NO2. The molecule has 0 unspecified atom stereocenters. The lowest BCUT2D eigenvalue weighted by molar-refractivity contribution is 0.328. The summed E-state index contributed by atoms with van der Waals surface area (Å²) in [7, 11) is 0. The highest BCUT2D eigenvalue weighted by Gasteiger charge is 1.97. The monoisotopic (exact) mass is 177 g/mol. The van der Waals surface area contributed by atoms with Crippen LogP contribution in [-0.2, 0) is 4.79 Å². The van der Waals surface area contributed by atoms with E-state index in [1.54, 1.807) is 0 Å². The predicted molar refractivity (Wildman–Crippen MR) is 49.5 cm³/mol. The van der Waals surface area contributed by atoms with Crippen LogP contribution >= 0.6 is 0 Å². The van der Waals surface area contributed by atoms with Crippen molar-refractivity contribution in [3.63, 3.8) is 0 Å². The average Bonchev–Trinajstić information content (AvgIpc) is 2.11. The number of hydrogen-bond acceptors (Lipinski definition) is 3. The van der Waals surface area contributed by atoms with Gasteiger partial charge in [0.05, 0.1) is 0 Å². The van der Waals surface area contributed by atoms with Crippen LogP contribution in [0.2, 0.25) is 0 Å². The van der Waals surface area contributed by atoms with Crippen molar-refractivity contribution in [2.24, 2.45) is 4.99 Å². The lowest BCUT2D eigenvalue weighted by atomic mass is 10.1. The molecule has 13 heavy (non-hydrogen) atoms. The molecule has 1 aromatic rings. The van der Waals surface area contributed by atoms with Gasteiger partial charge in [-0.1, -0.05) is 12.1 Å². The van der Waals surface area contributed by atoms with E-state index in [4.69, 9.17) is 4.74 Å². The van der Waals surface area contributed by atoms with Gasteiger partial charge < -0.3 is 4.74 Å². The van der Waals surface area contributed by atoms with Crippen LogP contribution < -0.4 is 4.74 Å². The van der Waals surface area contributed by atoms with Gasteiger partial charge in [0.1, 0.15) is 5.75 Å². The van der Waals surface area contributed by atoms with E-state index in [-0.39, 0.29) is 6.73 Å². The average molecular weight is 177 g/mol. The molecule has 68 valence electrons. The van der Waals surface area contributed by atoms with Gasteiger partial charge in [-0.05, 0) is 31.0 Å². The Kier molecular flexibility index (Phi) is 3.23. The summed E-state index contributed by atoms with van der Waals surface area (Å²) in [5, 5.41) is 0. The molecule has 0 aliphatic carbocycles. The van der Waals surface area contributed by atoms with Crippen molar-refractivity contribution >= 4 is 6.08 Å². The molecule has 0 aliphatic rings. The van der Waals surface area contributed by atoms with Gasteiger partial charge >= 0.3 is 0 Å². The van der Waals surface area contributed by atoms with Crippen LogP contribution in [0.25, 0.3) is 0 Å². The Morgan fingerprint density at radius 3 is 2.92 bits per heavy atom. The lowest BCUT2D eigenvalue weighted by Crippen LogP contribution is -1.95. The standard InChI is InChI=1S/C10H11NO2/c1-8-3-4-9(2)10(5-8)13-7-11-6-12/h3-5H,7H2,1-2H3. The van der Waals surface area contributed by atoms with Crippen LogP contribution in [-0.4, -0.2) is 12.8 Å². The minimum Gasteiger partial charge on any atom is -0.470 e. The Labute approximate surface area is 77.1 Å². The third kappa shape index (κ3) is 2.73. The fourth-order valence-corrected chi connectivity index (χ4v) is 0.991. The molecular weight excluding hydrogens is 166 g/mol. The number of rotatable bonds is 3. The highest BCUT2D eigenvalue weighted by Crippen LogP contribution is 2.18. The summed E-state index contributed by atoms with van der Waals surface area (Å²) >= 11 is 0. The molecule has 0 heterocycles. The molecule has 0 fully saturated rings. The summed E-state index contributed by atoms with van der Waals surface area (Å²) < 4.78 is 5.23. The number of nitrogens with zero attached hydrogens (tertiary/aromatic N) is 1. The molecule has 0 atom stereocenters. The SMILES string of the molecule is Cc1ccc(C)c(OCN=C=O)c1. The molecule has 0 amide bonds. The van der Waals surface area contributed by atoms with Gasteiger partial charge in [0, 0.05) is 0 Å². The maximum Gasteiger partial charge on any atom is 0.238 e. The molecule has 3 nitrogen and oxygen atoms in total. The molecule has 0 saturated heterocycles. The summed E-state index contributed by atoms with van der Waals surface area (Å²) in [4.78, 5) is 13.1. The summed E-state index contributed by atoms with van der Waals surface area (Å²) in [6.45, 7) is 3.96. The van der Waals surface area contributed by atoms with Crippen LogP contribution in [0.1, 0.15) is 11.1 Å². The van der Waals surface area contributed by atoms with Gasteiger partial charge in [-0.3, -0.25) is 0 Å². The first-order valence-electron chi connectivity index (χ1n) is 3.97. The second-order valence-electron chi connectivity index (χ2n) is 2.79. The normalized spacial score (nSPS) is 9.08. The van der Waals surface area contributed by atoms with Crippen LogP contribution in [0.4, 0.5) is 0 Å². The molecule has 0 spiro atoms. The molecule has 3 heteroatoms. The molecule has 0 radical (unpaired) electrons. The number of aliphatic imine (C=N–C) groups is 1. The van der Waals surface area contributed by atoms with Crippen molar-refractivity contribution in [2.45, 2.75) is 13.8 Å². The van der Waals surface area contributed by atoms with Crippen LogP contribution in [0.3, 0.4) is 0 Å².